The van der Waals surface area contributed by atoms with Crippen molar-refractivity contribution in [1.82, 2.24) is 5.32 Å². The highest BCUT2D eigenvalue weighted by Gasteiger charge is 2.48. The van der Waals surface area contributed by atoms with Crippen molar-refractivity contribution in [2.75, 3.05) is 6.54 Å². The average molecular weight is 231 g/mol. The molecule has 1 aliphatic heterocycles. The molecule has 0 spiro atoms. The maximum Gasteiger partial charge on any atom is 0.534 e. The van der Waals surface area contributed by atoms with Crippen molar-refractivity contribution in [2.45, 2.75) is 18.3 Å². The van der Waals surface area contributed by atoms with E-state index >= 15 is 0 Å². The summed E-state index contributed by atoms with van der Waals surface area (Å²) in [6.07, 6.45) is 1.86. The van der Waals surface area contributed by atoms with Crippen LogP contribution in [0.1, 0.15) is 12.8 Å². The number of rotatable bonds is 2. The maximum absolute atomic E-state index is 11.8. The van der Waals surface area contributed by atoms with Crippen molar-refractivity contribution in [3.05, 3.63) is 12.0 Å². The van der Waals surface area contributed by atoms with Crippen molar-refractivity contribution >= 4 is 10.1 Å². The zero-order chi connectivity index (χ0) is 10.8. The molecule has 0 atom stereocenters. The molecule has 0 fully saturated rings. The second-order valence-corrected chi connectivity index (χ2v) is 4.19. The van der Waals surface area contributed by atoms with E-state index in [4.69, 9.17) is 0 Å². The zero-order valence-electron chi connectivity index (χ0n) is 6.97. The lowest BCUT2D eigenvalue weighted by molar-refractivity contribution is -0.0524. The van der Waals surface area contributed by atoms with Gasteiger partial charge in [-0.15, -0.1) is 0 Å². The monoisotopic (exact) mass is 231 g/mol. The van der Waals surface area contributed by atoms with Crippen LogP contribution in [-0.4, -0.2) is 20.5 Å². The number of allylic oxidation sites excluding steroid dienone is 1. The highest BCUT2D eigenvalue weighted by Crippen LogP contribution is 2.27. The van der Waals surface area contributed by atoms with Gasteiger partial charge in [0.15, 0.2) is 0 Å². The summed E-state index contributed by atoms with van der Waals surface area (Å²) in [6, 6.07) is 0. The van der Waals surface area contributed by atoms with E-state index in [1.54, 1.807) is 0 Å². The van der Waals surface area contributed by atoms with Gasteiger partial charge in [0.05, 0.1) is 0 Å². The molecule has 1 heterocycles. The molecule has 0 amide bonds. The Kier molecular flexibility index (Phi) is 2.93. The SMILES string of the molecule is O=S(=O)(OC1=CNCCC1)C(F)(F)F. The minimum atomic E-state index is -5.51. The second-order valence-electron chi connectivity index (χ2n) is 2.65. The van der Waals surface area contributed by atoms with Crippen LogP contribution in [0.5, 0.6) is 0 Å². The average Bonchev–Trinajstić information content (AvgIpc) is 2.03. The molecular formula is C6H8F3NO3S. The first-order valence-corrected chi connectivity index (χ1v) is 5.17. The number of alkyl halides is 3. The second kappa shape index (κ2) is 3.68. The van der Waals surface area contributed by atoms with Crippen LogP contribution in [0.15, 0.2) is 12.0 Å². The van der Waals surface area contributed by atoms with Gasteiger partial charge < -0.3 is 9.50 Å². The summed E-state index contributed by atoms with van der Waals surface area (Å²) in [5.41, 5.74) is -5.37. The molecule has 0 aliphatic carbocycles. The van der Waals surface area contributed by atoms with Gasteiger partial charge in [0.1, 0.15) is 5.76 Å². The van der Waals surface area contributed by atoms with Gasteiger partial charge in [-0.2, -0.15) is 21.6 Å². The van der Waals surface area contributed by atoms with Gasteiger partial charge in [-0.1, -0.05) is 0 Å². The quantitative estimate of drug-likeness (QED) is 0.570. The number of halogens is 3. The topological polar surface area (TPSA) is 55.4 Å². The van der Waals surface area contributed by atoms with E-state index in [1.165, 1.54) is 0 Å². The third kappa shape index (κ3) is 2.53. The first-order valence-electron chi connectivity index (χ1n) is 3.76. The molecule has 0 unspecified atom stereocenters. The van der Waals surface area contributed by atoms with Crippen LogP contribution in [0.25, 0.3) is 0 Å². The van der Waals surface area contributed by atoms with Gasteiger partial charge in [-0.25, -0.2) is 0 Å². The van der Waals surface area contributed by atoms with Crippen molar-refractivity contribution in [2.24, 2.45) is 0 Å². The fourth-order valence-corrected chi connectivity index (χ4v) is 1.38. The Hall–Kier alpha value is -0.920. The number of hydrogen-bond acceptors (Lipinski definition) is 4. The van der Waals surface area contributed by atoms with Gasteiger partial charge in [-0.05, 0) is 6.42 Å². The summed E-state index contributed by atoms with van der Waals surface area (Å²) < 4.78 is 60.4. The summed E-state index contributed by atoms with van der Waals surface area (Å²) >= 11 is 0. The highest BCUT2D eigenvalue weighted by atomic mass is 32.2. The van der Waals surface area contributed by atoms with E-state index in [0.717, 1.165) is 6.20 Å². The molecule has 0 aromatic rings. The molecule has 0 bridgehead atoms. The van der Waals surface area contributed by atoms with Crippen LogP contribution in [0.3, 0.4) is 0 Å². The summed E-state index contributed by atoms with van der Waals surface area (Å²) in [6.45, 7) is 0.596. The first-order chi connectivity index (χ1) is 6.33. The molecular weight excluding hydrogens is 223 g/mol. The predicted octanol–water partition coefficient (Wildman–Crippen LogP) is 1.08. The van der Waals surface area contributed by atoms with Crippen LogP contribution in [0.2, 0.25) is 0 Å². The number of nitrogens with one attached hydrogen (secondary N) is 1. The highest BCUT2D eigenvalue weighted by molar-refractivity contribution is 7.87. The largest absolute Gasteiger partial charge is 0.534 e. The van der Waals surface area contributed by atoms with E-state index in [-0.39, 0.29) is 12.2 Å². The van der Waals surface area contributed by atoms with Crippen molar-refractivity contribution in [1.29, 1.82) is 0 Å². The Morgan fingerprint density at radius 2 is 2.07 bits per heavy atom. The molecule has 1 rings (SSSR count). The molecule has 1 N–H and O–H groups in total. The lowest BCUT2D eigenvalue weighted by atomic mass is 10.2. The lowest BCUT2D eigenvalue weighted by Gasteiger charge is -2.15. The molecule has 0 saturated heterocycles. The Bertz CT molecular complexity index is 333. The fourth-order valence-electron chi connectivity index (χ4n) is 0.877. The summed E-state index contributed by atoms with van der Waals surface area (Å²) in [5, 5.41) is 2.59. The van der Waals surface area contributed by atoms with E-state index in [1.807, 2.05) is 0 Å². The van der Waals surface area contributed by atoms with E-state index < -0.39 is 15.6 Å². The van der Waals surface area contributed by atoms with Gasteiger partial charge in [-0.3, -0.25) is 0 Å². The zero-order valence-corrected chi connectivity index (χ0v) is 7.78. The van der Waals surface area contributed by atoms with Crippen molar-refractivity contribution < 1.29 is 25.8 Å². The Balaban J connectivity index is 2.73. The molecule has 0 radical (unpaired) electrons. The summed E-state index contributed by atoms with van der Waals surface area (Å²) in [5.74, 6) is -0.214. The molecule has 0 aromatic heterocycles. The fraction of sp³-hybridized carbons (Fsp3) is 0.667. The summed E-state index contributed by atoms with van der Waals surface area (Å²) in [7, 11) is -5.51. The van der Waals surface area contributed by atoms with Gasteiger partial charge in [0.25, 0.3) is 0 Å². The molecule has 0 aromatic carbocycles. The van der Waals surface area contributed by atoms with Gasteiger partial charge >= 0.3 is 15.6 Å². The molecule has 0 saturated carbocycles. The Morgan fingerprint density at radius 1 is 1.43 bits per heavy atom. The maximum atomic E-state index is 11.8. The van der Waals surface area contributed by atoms with E-state index in [2.05, 4.69) is 9.50 Å². The minimum absolute atomic E-state index is 0.183. The van der Waals surface area contributed by atoms with Crippen LogP contribution in [0.4, 0.5) is 13.2 Å². The standard InChI is InChI=1S/C6H8F3NO3S/c7-6(8,9)14(11,12)13-5-2-1-3-10-4-5/h4,10H,1-3H2. The first kappa shape index (κ1) is 11.2. The molecule has 82 valence electrons. The van der Waals surface area contributed by atoms with Crippen molar-refractivity contribution in [3.63, 3.8) is 0 Å². The number of hydrogen-bond donors (Lipinski definition) is 1. The van der Waals surface area contributed by atoms with Crippen LogP contribution in [-0.2, 0) is 14.3 Å². The normalized spacial score (nSPS) is 18.4. The molecule has 8 heteroatoms. The van der Waals surface area contributed by atoms with Gasteiger partial charge in [0, 0.05) is 19.2 Å². The Labute approximate surface area is 78.9 Å². The smallest absolute Gasteiger partial charge is 0.388 e. The van der Waals surface area contributed by atoms with Crippen LogP contribution in [0, 0.1) is 0 Å². The summed E-state index contributed by atoms with van der Waals surface area (Å²) in [4.78, 5) is 0. The van der Waals surface area contributed by atoms with Crippen molar-refractivity contribution in [3.8, 4) is 0 Å². The van der Waals surface area contributed by atoms with Crippen LogP contribution < -0.4 is 5.32 Å². The van der Waals surface area contributed by atoms with Crippen LogP contribution >= 0.6 is 0 Å². The minimum Gasteiger partial charge on any atom is -0.388 e. The Morgan fingerprint density at radius 3 is 2.50 bits per heavy atom. The molecule has 1 aliphatic rings. The van der Waals surface area contributed by atoms with E-state index in [9.17, 15) is 21.6 Å². The van der Waals surface area contributed by atoms with E-state index in [0.29, 0.717) is 13.0 Å². The third-order valence-electron chi connectivity index (χ3n) is 1.51. The predicted molar refractivity (Wildman–Crippen MR) is 41.4 cm³/mol. The van der Waals surface area contributed by atoms with Gasteiger partial charge in [0.2, 0.25) is 0 Å². The molecule has 14 heavy (non-hydrogen) atoms. The molecule has 4 nitrogen and oxygen atoms in total. The third-order valence-corrected chi connectivity index (χ3v) is 2.51. The lowest BCUT2D eigenvalue weighted by Crippen LogP contribution is -2.27.